The van der Waals surface area contributed by atoms with Gasteiger partial charge in [0.25, 0.3) is 12.3 Å². The third kappa shape index (κ3) is 4.61. The molecule has 11 nitrogen and oxygen atoms in total. The van der Waals surface area contributed by atoms with E-state index < -0.39 is 23.8 Å². The van der Waals surface area contributed by atoms with E-state index in [1.165, 1.54) is 28.7 Å². The molecule has 1 fully saturated rings. The third-order valence-electron chi connectivity index (χ3n) is 7.36. The van der Waals surface area contributed by atoms with Gasteiger partial charge in [-0.25, -0.2) is 17.9 Å². The van der Waals surface area contributed by atoms with E-state index in [1.54, 1.807) is 19.2 Å². The minimum atomic E-state index is -2.98. The first-order chi connectivity index (χ1) is 19.2. The van der Waals surface area contributed by atoms with Gasteiger partial charge in [0.15, 0.2) is 11.6 Å². The van der Waals surface area contributed by atoms with Crippen molar-refractivity contribution >= 4 is 5.91 Å². The van der Waals surface area contributed by atoms with Crippen LogP contribution >= 0.6 is 0 Å². The second-order valence-corrected chi connectivity index (χ2v) is 10.4. The summed E-state index contributed by atoms with van der Waals surface area (Å²) in [7, 11) is 3.39. The van der Waals surface area contributed by atoms with Gasteiger partial charge in [-0.15, -0.1) is 5.10 Å². The second kappa shape index (κ2) is 9.77. The van der Waals surface area contributed by atoms with Gasteiger partial charge in [-0.2, -0.15) is 10.2 Å². The summed E-state index contributed by atoms with van der Waals surface area (Å²) in [5.74, 6) is -1.55. The second-order valence-electron chi connectivity index (χ2n) is 10.4. The first kappa shape index (κ1) is 26.0. The van der Waals surface area contributed by atoms with Crippen molar-refractivity contribution in [1.29, 1.82) is 0 Å². The van der Waals surface area contributed by atoms with E-state index in [-0.39, 0.29) is 35.5 Å². The highest BCUT2D eigenvalue weighted by Crippen LogP contribution is 2.46. The number of benzene rings is 1. The van der Waals surface area contributed by atoms with Crippen LogP contribution in [0.5, 0.6) is 5.75 Å². The molecule has 0 atom stereocenters. The van der Waals surface area contributed by atoms with Crippen molar-refractivity contribution in [3.05, 3.63) is 70.3 Å². The third-order valence-corrected chi connectivity index (χ3v) is 7.36. The van der Waals surface area contributed by atoms with Crippen LogP contribution in [0.15, 0.2) is 30.6 Å². The summed E-state index contributed by atoms with van der Waals surface area (Å²) in [6.07, 6.45) is 2.00. The number of rotatable bonds is 8. The van der Waals surface area contributed by atoms with Crippen LogP contribution in [0.3, 0.4) is 0 Å². The number of alkyl halides is 2. The smallest absolute Gasteiger partial charge is 0.282 e. The van der Waals surface area contributed by atoms with Crippen LogP contribution in [0.4, 0.5) is 13.2 Å². The highest BCUT2D eigenvalue weighted by atomic mass is 19.3. The Kier molecular flexibility index (Phi) is 6.36. The number of nitrogens with one attached hydrogen (secondary N) is 1. The lowest BCUT2D eigenvalue weighted by molar-refractivity contribution is 0.0936. The summed E-state index contributed by atoms with van der Waals surface area (Å²) in [4.78, 5) is 15.4. The van der Waals surface area contributed by atoms with Gasteiger partial charge in [0.05, 0.1) is 53.7 Å². The number of hydrogen-bond acceptors (Lipinski definition) is 7. The quantitative estimate of drug-likeness (QED) is 0.356. The summed E-state index contributed by atoms with van der Waals surface area (Å²) in [5, 5.41) is 19.2. The fourth-order valence-electron chi connectivity index (χ4n) is 5.37. The largest absolute Gasteiger partial charge is 0.494 e. The normalized spacial score (nSPS) is 16.0. The van der Waals surface area contributed by atoms with E-state index >= 15 is 4.39 Å². The minimum Gasteiger partial charge on any atom is -0.494 e. The SMILES string of the molecule is COc1ccc(-n2cc(C)nn2)c(CNC(=O)c2cn(Cc3cc4n(n3)C3(CC3)CN(C)C4)nc2C(F)F)c1F. The summed E-state index contributed by atoms with van der Waals surface area (Å²) < 4.78 is 52.9. The zero-order chi connectivity index (χ0) is 28.2. The van der Waals surface area contributed by atoms with Crippen molar-refractivity contribution in [2.75, 3.05) is 20.7 Å². The minimum absolute atomic E-state index is 0.0169. The number of aromatic nitrogens is 7. The Morgan fingerprint density at radius 1 is 1.23 bits per heavy atom. The molecule has 0 radical (unpaired) electrons. The Labute approximate surface area is 227 Å². The number of likely N-dealkylation sites (N-methyl/N-ethyl adjacent to an activating group) is 1. The predicted octanol–water partition coefficient (Wildman–Crippen LogP) is 2.97. The Morgan fingerprint density at radius 3 is 2.70 bits per heavy atom. The van der Waals surface area contributed by atoms with Crippen LogP contribution in [0.1, 0.15) is 58.0 Å². The van der Waals surface area contributed by atoms with E-state index in [0.29, 0.717) is 17.1 Å². The number of carbonyl (C=O) groups excluding carboxylic acids is 1. The molecule has 0 saturated heterocycles. The van der Waals surface area contributed by atoms with Gasteiger partial charge in [-0.1, -0.05) is 5.21 Å². The molecule has 6 rings (SSSR count). The lowest BCUT2D eigenvalue weighted by Crippen LogP contribution is -2.40. The summed E-state index contributed by atoms with van der Waals surface area (Å²) in [6.45, 7) is 3.23. The molecular weight excluding hydrogens is 527 g/mol. The van der Waals surface area contributed by atoms with Crippen LogP contribution in [0, 0.1) is 12.7 Å². The summed E-state index contributed by atoms with van der Waals surface area (Å²) in [6, 6.07) is 4.97. The molecule has 0 unspecified atom stereocenters. The molecule has 1 aromatic carbocycles. The maximum absolute atomic E-state index is 15.2. The van der Waals surface area contributed by atoms with Crippen LogP contribution in [-0.2, 0) is 25.2 Å². The topological polar surface area (TPSA) is 108 Å². The molecule has 4 aromatic rings. The number of nitrogens with zero attached hydrogens (tertiary/aromatic N) is 8. The van der Waals surface area contributed by atoms with Crippen LogP contribution in [0.2, 0.25) is 0 Å². The fraction of sp³-hybridized carbons (Fsp3) is 0.423. The molecule has 2 aliphatic rings. The number of hydrogen-bond donors (Lipinski definition) is 1. The number of amides is 1. The monoisotopic (exact) mass is 555 g/mol. The molecule has 1 aliphatic heterocycles. The van der Waals surface area contributed by atoms with E-state index in [4.69, 9.17) is 9.84 Å². The molecule has 0 bridgehead atoms. The number of ether oxygens (including phenoxy) is 1. The molecule has 3 aromatic heterocycles. The fourth-order valence-corrected chi connectivity index (χ4v) is 5.37. The van der Waals surface area contributed by atoms with Gasteiger partial charge in [0, 0.05) is 31.4 Å². The molecule has 1 aliphatic carbocycles. The first-order valence-corrected chi connectivity index (χ1v) is 12.8. The van der Waals surface area contributed by atoms with Crippen LogP contribution < -0.4 is 10.1 Å². The Balaban J connectivity index is 1.24. The lowest BCUT2D eigenvalue weighted by Gasteiger charge is -2.31. The van der Waals surface area contributed by atoms with Gasteiger partial charge >= 0.3 is 0 Å². The molecule has 40 heavy (non-hydrogen) atoms. The highest BCUT2D eigenvalue weighted by molar-refractivity contribution is 5.95. The Hall–Kier alpha value is -4.20. The summed E-state index contributed by atoms with van der Waals surface area (Å²) in [5.41, 5.74) is 1.81. The van der Waals surface area contributed by atoms with E-state index in [1.807, 2.05) is 6.07 Å². The van der Waals surface area contributed by atoms with Gasteiger partial charge in [-0.3, -0.25) is 19.1 Å². The van der Waals surface area contributed by atoms with E-state index in [2.05, 4.69) is 37.4 Å². The molecule has 1 amide bonds. The molecular formula is C26H28F3N9O2. The molecule has 210 valence electrons. The number of aryl methyl sites for hydroxylation is 1. The highest BCUT2D eigenvalue weighted by Gasteiger charge is 2.49. The average molecular weight is 556 g/mol. The molecule has 14 heteroatoms. The van der Waals surface area contributed by atoms with Crippen molar-refractivity contribution in [3.63, 3.8) is 0 Å². The van der Waals surface area contributed by atoms with Crippen LogP contribution in [-0.4, -0.2) is 66.1 Å². The maximum Gasteiger partial charge on any atom is 0.282 e. The Morgan fingerprint density at radius 2 is 2.02 bits per heavy atom. The predicted molar refractivity (Wildman–Crippen MR) is 136 cm³/mol. The first-order valence-electron chi connectivity index (χ1n) is 12.8. The standard InChI is InChI=1S/C26H28F3N9O2/c1-15-10-37(34-31-15)20-4-5-21(40-3)22(27)18(20)9-30-25(39)19-13-36(33-23(19)24(28)29)11-16-8-17-12-35(2)14-26(6-7-26)38(17)32-16/h4-5,8,10,13,24H,6-7,9,11-12,14H2,1-3H3,(H,30,39). The average Bonchev–Trinajstić information content (AvgIpc) is 3.24. The van der Waals surface area contributed by atoms with Crippen molar-refractivity contribution in [3.8, 4) is 11.4 Å². The van der Waals surface area contributed by atoms with Crippen LogP contribution in [0.25, 0.3) is 5.69 Å². The zero-order valence-electron chi connectivity index (χ0n) is 22.2. The van der Waals surface area contributed by atoms with Crippen molar-refractivity contribution in [2.45, 2.75) is 51.4 Å². The van der Waals surface area contributed by atoms with Gasteiger partial charge in [-0.05, 0) is 45.0 Å². The van der Waals surface area contributed by atoms with Gasteiger partial charge < -0.3 is 10.1 Å². The number of halogens is 3. The van der Waals surface area contributed by atoms with Gasteiger partial charge in [0.1, 0.15) is 5.69 Å². The van der Waals surface area contributed by atoms with Crippen molar-refractivity contribution < 1.29 is 22.7 Å². The summed E-state index contributed by atoms with van der Waals surface area (Å²) >= 11 is 0. The molecule has 1 N–H and O–H groups in total. The van der Waals surface area contributed by atoms with Gasteiger partial charge in [0.2, 0.25) is 0 Å². The van der Waals surface area contributed by atoms with Crippen molar-refractivity contribution in [2.24, 2.45) is 0 Å². The molecule has 1 spiro atoms. The molecule has 4 heterocycles. The number of fused-ring (bicyclic) bond motifs is 2. The maximum atomic E-state index is 15.2. The number of methoxy groups -OCH3 is 1. The lowest BCUT2D eigenvalue weighted by atomic mass is 10.1. The number of carbonyl (C=O) groups is 1. The van der Waals surface area contributed by atoms with E-state index in [9.17, 15) is 13.6 Å². The Bertz CT molecular complexity index is 1590. The van der Waals surface area contributed by atoms with Crippen molar-refractivity contribution in [1.82, 2.24) is 44.8 Å². The zero-order valence-corrected chi connectivity index (χ0v) is 22.2. The molecule has 1 saturated carbocycles. The van der Waals surface area contributed by atoms with E-state index in [0.717, 1.165) is 31.6 Å².